The molecule has 1 aliphatic heterocycles. The molecule has 1 aliphatic carbocycles. The van der Waals surface area contributed by atoms with Crippen LogP contribution in [0, 0.1) is 5.92 Å². The number of carbonyl (C=O) groups is 1. The molecule has 0 radical (unpaired) electrons. The van der Waals surface area contributed by atoms with E-state index in [0.29, 0.717) is 29.3 Å². The largest absolute Gasteiger partial charge is 0.493 e. The van der Waals surface area contributed by atoms with Gasteiger partial charge in [0.2, 0.25) is 15.9 Å². The first kappa shape index (κ1) is 26.3. The van der Waals surface area contributed by atoms with Gasteiger partial charge in [0.05, 0.1) is 19.9 Å². The van der Waals surface area contributed by atoms with Crippen molar-refractivity contribution in [2.75, 3.05) is 44.1 Å². The lowest BCUT2D eigenvalue weighted by Gasteiger charge is -2.23. The molecule has 2 N–H and O–H groups in total. The highest BCUT2D eigenvalue weighted by molar-refractivity contribution is 7.89. The van der Waals surface area contributed by atoms with Gasteiger partial charge in [0.25, 0.3) is 0 Å². The van der Waals surface area contributed by atoms with Gasteiger partial charge in [0, 0.05) is 31.2 Å². The van der Waals surface area contributed by atoms with Crippen molar-refractivity contribution < 1.29 is 22.7 Å². The number of nitrogens with zero attached hydrogens (tertiary/aromatic N) is 1. The van der Waals surface area contributed by atoms with Gasteiger partial charge in [-0.15, -0.1) is 0 Å². The number of amides is 1. The Morgan fingerprint density at radius 1 is 0.944 bits per heavy atom. The fourth-order valence-electron chi connectivity index (χ4n) is 5.08. The van der Waals surface area contributed by atoms with Gasteiger partial charge in [-0.2, -0.15) is 0 Å². The summed E-state index contributed by atoms with van der Waals surface area (Å²) in [6.45, 7) is 1.87. The van der Waals surface area contributed by atoms with Gasteiger partial charge >= 0.3 is 0 Å². The second-order valence-corrected chi connectivity index (χ2v) is 11.3. The van der Waals surface area contributed by atoms with E-state index in [1.165, 1.54) is 6.42 Å². The van der Waals surface area contributed by atoms with Crippen LogP contribution in [0.5, 0.6) is 11.5 Å². The third kappa shape index (κ3) is 6.31. The number of benzene rings is 2. The third-order valence-corrected chi connectivity index (χ3v) is 8.58. The van der Waals surface area contributed by atoms with Crippen LogP contribution in [-0.2, 0) is 21.2 Å². The summed E-state index contributed by atoms with van der Waals surface area (Å²) in [5.41, 5.74) is 2.14. The summed E-state index contributed by atoms with van der Waals surface area (Å²) in [6.07, 6.45) is 7.65. The van der Waals surface area contributed by atoms with Crippen LogP contribution in [0.2, 0.25) is 0 Å². The number of ether oxygens (including phenoxy) is 2. The highest BCUT2D eigenvalue weighted by Crippen LogP contribution is 2.32. The van der Waals surface area contributed by atoms with Crippen molar-refractivity contribution in [2.45, 2.75) is 56.3 Å². The van der Waals surface area contributed by atoms with Crippen LogP contribution < -0.4 is 24.4 Å². The highest BCUT2D eigenvalue weighted by atomic mass is 32.2. The van der Waals surface area contributed by atoms with Crippen LogP contribution in [0.15, 0.2) is 41.3 Å². The molecule has 4 rings (SSSR count). The van der Waals surface area contributed by atoms with Gasteiger partial charge in [0.15, 0.2) is 11.5 Å². The molecule has 2 aromatic rings. The molecule has 0 unspecified atom stereocenters. The minimum Gasteiger partial charge on any atom is -0.493 e. The zero-order valence-corrected chi connectivity index (χ0v) is 22.0. The Kier molecular flexibility index (Phi) is 8.74. The maximum Gasteiger partial charge on any atom is 0.242 e. The molecule has 2 fully saturated rings. The Hall–Kier alpha value is -2.78. The zero-order valence-electron chi connectivity index (χ0n) is 21.2. The normalized spacial score (nSPS) is 16.7. The molecule has 1 saturated carbocycles. The first-order valence-corrected chi connectivity index (χ1v) is 14.3. The summed E-state index contributed by atoms with van der Waals surface area (Å²) < 4.78 is 40.3. The Labute approximate surface area is 214 Å². The van der Waals surface area contributed by atoms with Gasteiger partial charge < -0.3 is 19.7 Å². The number of rotatable bonds is 10. The molecule has 1 saturated heterocycles. The van der Waals surface area contributed by atoms with E-state index < -0.39 is 10.0 Å². The lowest BCUT2D eigenvalue weighted by molar-refractivity contribution is -0.120. The second-order valence-electron chi connectivity index (χ2n) is 9.54. The Balaban J connectivity index is 1.50. The van der Waals surface area contributed by atoms with Crippen molar-refractivity contribution in [1.82, 2.24) is 4.72 Å². The predicted octanol–water partition coefficient (Wildman–Crippen LogP) is 4.34. The molecule has 196 valence electrons. The minimum atomic E-state index is -3.81. The lowest BCUT2D eigenvalue weighted by atomic mass is 9.88. The van der Waals surface area contributed by atoms with Crippen molar-refractivity contribution in [3.8, 4) is 11.5 Å². The van der Waals surface area contributed by atoms with Gasteiger partial charge in [0.1, 0.15) is 4.90 Å². The molecular weight excluding hydrogens is 478 g/mol. The average molecular weight is 516 g/mol. The van der Waals surface area contributed by atoms with E-state index in [9.17, 15) is 13.2 Å². The number of methoxy groups -OCH3 is 2. The molecule has 1 amide bonds. The molecule has 0 bridgehead atoms. The summed E-state index contributed by atoms with van der Waals surface area (Å²) >= 11 is 0. The molecule has 1 heterocycles. The third-order valence-electron chi connectivity index (χ3n) is 7.09. The van der Waals surface area contributed by atoms with Crippen LogP contribution in [0.4, 0.5) is 11.4 Å². The molecule has 2 aliphatic rings. The quantitative estimate of drug-likeness (QED) is 0.489. The first-order valence-electron chi connectivity index (χ1n) is 12.8. The number of carbonyl (C=O) groups excluding carboxylic acids is 1. The average Bonchev–Trinajstić information content (AvgIpc) is 3.44. The van der Waals surface area contributed by atoms with E-state index in [0.717, 1.165) is 57.2 Å². The molecule has 2 aromatic carbocycles. The SMILES string of the molecule is COc1ccc(CCNS(=O)(=O)c2cc(NC(=O)C3CCCCC3)ccc2N2CCCC2)cc1OC. The second kappa shape index (κ2) is 12.0. The highest BCUT2D eigenvalue weighted by Gasteiger charge is 2.26. The maximum absolute atomic E-state index is 13.5. The lowest BCUT2D eigenvalue weighted by Crippen LogP contribution is -2.29. The smallest absolute Gasteiger partial charge is 0.242 e. The van der Waals surface area contributed by atoms with Crippen molar-refractivity contribution in [3.05, 3.63) is 42.0 Å². The van der Waals surface area contributed by atoms with Crippen molar-refractivity contribution >= 4 is 27.3 Å². The first-order chi connectivity index (χ1) is 17.4. The summed E-state index contributed by atoms with van der Waals surface area (Å²) in [6, 6.07) is 10.8. The van der Waals surface area contributed by atoms with Gasteiger partial charge in [-0.25, -0.2) is 13.1 Å². The van der Waals surface area contributed by atoms with Crippen molar-refractivity contribution in [2.24, 2.45) is 5.92 Å². The minimum absolute atomic E-state index is 0.00308. The number of hydrogen-bond acceptors (Lipinski definition) is 6. The molecule has 0 aromatic heterocycles. The van der Waals surface area contributed by atoms with Crippen LogP contribution >= 0.6 is 0 Å². The zero-order chi connectivity index (χ0) is 25.5. The molecule has 0 atom stereocenters. The number of nitrogens with one attached hydrogen (secondary N) is 2. The maximum atomic E-state index is 13.5. The molecule has 8 nitrogen and oxygen atoms in total. The predicted molar refractivity (Wildman–Crippen MR) is 142 cm³/mol. The van der Waals surface area contributed by atoms with E-state index >= 15 is 0 Å². The van der Waals surface area contributed by atoms with E-state index in [1.54, 1.807) is 20.3 Å². The summed E-state index contributed by atoms with van der Waals surface area (Å²) in [5.74, 6) is 1.21. The summed E-state index contributed by atoms with van der Waals surface area (Å²) in [7, 11) is -0.657. The van der Waals surface area contributed by atoms with E-state index in [-0.39, 0.29) is 23.3 Å². The number of anilines is 2. The summed E-state index contributed by atoms with van der Waals surface area (Å²) in [4.78, 5) is 15.1. The van der Waals surface area contributed by atoms with Crippen LogP contribution in [-0.4, -0.2) is 48.2 Å². The number of sulfonamides is 1. The Bertz CT molecular complexity index is 1160. The van der Waals surface area contributed by atoms with E-state index in [1.807, 2.05) is 30.3 Å². The standard InChI is InChI=1S/C27H37N3O5S/c1-34-24-13-10-20(18-25(24)35-2)14-15-28-36(32,33)26-19-22(11-12-23(26)30-16-6-7-17-30)29-27(31)21-8-4-3-5-9-21/h10-13,18-19,21,28H,3-9,14-17H2,1-2H3,(H,29,31). The fourth-order valence-corrected chi connectivity index (χ4v) is 6.36. The van der Waals surface area contributed by atoms with Crippen LogP contribution in [0.25, 0.3) is 0 Å². The van der Waals surface area contributed by atoms with Crippen molar-refractivity contribution in [1.29, 1.82) is 0 Å². The Morgan fingerprint density at radius 3 is 2.36 bits per heavy atom. The van der Waals surface area contributed by atoms with Crippen LogP contribution in [0.1, 0.15) is 50.5 Å². The molecule has 36 heavy (non-hydrogen) atoms. The molecule has 0 spiro atoms. The van der Waals surface area contributed by atoms with Gasteiger partial charge in [-0.1, -0.05) is 25.3 Å². The van der Waals surface area contributed by atoms with Crippen LogP contribution in [0.3, 0.4) is 0 Å². The van der Waals surface area contributed by atoms with Gasteiger partial charge in [-0.05, 0) is 68.0 Å². The van der Waals surface area contributed by atoms with E-state index in [2.05, 4.69) is 14.9 Å². The molecular formula is C27H37N3O5S. The summed E-state index contributed by atoms with van der Waals surface area (Å²) in [5, 5.41) is 2.97. The Morgan fingerprint density at radius 2 is 1.67 bits per heavy atom. The topological polar surface area (TPSA) is 97.0 Å². The van der Waals surface area contributed by atoms with Crippen molar-refractivity contribution in [3.63, 3.8) is 0 Å². The fraction of sp³-hybridized carbons (Fsp3) is 0.519. The molecule has 9 heteroatoms. The van der Waals surface area contributed by atoms with E-state index in [4.69, 9.17) is 9.47 Å². The monoisotopic (exact) mass is 515 g/mol. The van der Waals surface area contributed by atoms with Gasteiger partial charge in [-0.3, -0.25) is 4.79 Å². The number of hydrogen-bond donors (Lipinski definition) is 2.